The summed E-state index contributed by atoms with van der Waals surface area (Å²) in [7, 11) is 1.48. The van der Waals surface area contributed by atoms with Crippen molar-refractivity contribution in [2.45, 2.75) is 13.1 Å². The van der Waals surface area contributed by atoms with Crippen molar-refractivity contribution >= 4 is 22.5 Å². The SMILES string of the molecule is CN(Cc1ccccc1[N+](=O)[O-])C(=O)Cn1cnc2ccc(F)cc2c1=O. The molecule has 2 aromatic carbocycles. The summed E-state index contributed by atoms with van der Waals surface area (Å²) in [6.45, 7) is -0.296. The number of amides is 1. The number of nitrogens with zero attached hydrogens (tertiary/aromatic N) is 4. The van der Waals surface area contributed by atoms with Crippen molar-refractivity contribution in [1.82, 2.24) is 14.5 Å². The second-order valence-corrected chi connectivity index (χ2v) is 5.97. The number of para-hydroxylation sites is 1. The molecule has 0 spiro atoms. The molecule has 0 N–H and O–H groups in total. The van der Waals surface area contributed by atoms with E-state index in [9.17, 15) is 24.1 Å². The van der Waals surface area contributed by atoms with Gasteiger partial charge in [0.2, 0.25) is 5.91 Å². The number of hydrogen-bond donors (Lipinski definition) is 0. The Morgan fingerprint density at radius 3 is 2.78 bits per heavy atom. The molecule has 138 valence electrons. The van der Waals surface area contributed by atoms with E-state index >= 15 is 0 Å². The molecule has 8 nitrogen and oxygen atoms in total. The highest BCUT2D eigenvalue weighted by Gasteiger charge is 2.18. The molecule has 1 aromatic heterocycles. The summed E-state index contributed by atoms with van der Waals surface area (Å²) >= 11 is 0. The molecule has 0 aliphatic rings. The molecule has 0 saturated carbocycles. The van der Waals surface area contributed by atoms with Gasteiger partial charge < -0.3 is 4.90 Å². The fourth-order valence-corrected chi connectivity index (χ4v) is 2.68. The van der Waals surface area contributed by atoms with Crippen LogP contribution in [0.5, 0.6) is 0 Å². The van der Waals surface area contributed by atoms with Gasteiger partial charge >= 0.3 is 0 Å². The first kappa shape index (κ1) is 18.2. The normalized spacial score (nSPS) is 10.7. The summed E-state index contributed by atoms with van der Waals surface area (Å²) in [6, 6.07) is 9.77. The van der Waals surface area contributed by atoms with Crippen LogP contribution in [0.1, 0.15) is 5.56 Å². The molecule has 1 amide bonds. The summed E-state index contributed by atoms with van der Waals surface area (Å²) in [5, 5.41) is 11.2. The van der Waals surface area contributed by atoms with Gasteiger partial charge in [-0.15, -0.1) is 0 Å². The molecule has 0 aliphatic carbocycles. The minimum atomic E-state index is -0.570. The van der Waals surface area contributed by atoms with Gasteiger partial charge in [0, 0.05) is 18.7 Å². The van der Waals surface area contributed by atoms with Crippen LogP contribution in [-0.2, 0) is 17.9 Å². The number of nitro groups is 1. The first-order valence-corrected chi connectivity index (χ1v) is 7.98. The third-order valence-corrected chi connectivity index (χ3v) is 4.11. The lowest BCUT2D eigenvalue weighted by Crippen LogP contribution is -2.33. The topological polar surface area (TPSA) is 98.3 Å². The van der Waals surface area contributed by atoms with Gasteiger partial charge in [0.25, 0.3) is 11.2 Å². The van der Waals surface area contributed by atoms with Crippen molar-refractivity contribution in [2.24, 2.45) is 0 Å². The van der Waals surface area contributed by atoms with Crippen molar-refractivity contribution < 1.29 is 14.1 Å². The molecular formula is C18H15FN4O4. The van der Waals surface area contributed by atoms with E-state index in [0.717, 1.165) is 10.6 Å². The molecule has 0 bridgehead atoms. The van der Waals surface area contributed by atoms with Gasteiger partial charge in [-0.3, -0.25) is 24.3 Å². The van der Waals surface area contributed by atoms with E-state index in [2.05, 4.69) is 4.98 Å². The Kier molecular flexibility index (Phi) is 4.93. The van der Waals surface area contributed by atoms with Crippen LogP contribution >= 0.6 is 0 Å². The Morgan fingerprint density at radius 1 is 1.30 bits per heavy atom. The highest BCUT2D eigenvalue weighted by molar-refractivity contribution is 5.79. The minimum Gasteiger partial charge on any atom is -0.340 e. The number of rotatable bonds is 5. The maximum Gasteiger partial charge on any atom is 0.274 e. The highest BCUT2D eigenvalue weighted by Crippen LogP contribution is 2.19. The number of halogens is 1. The summed E-state index contributed by atoms with van der Waals surface area (Å²) in [4.78, 5) is 40.8. The van der Waals surface area contributed by atoms with E-state index in [-0.39, 0.29) is 24.2 Å². The second-order valence-electron chi connectivity index (χ2n) is 5.97. The van der Waals surface area contributed by atoms with Gasteiger partial charge in [-0.05, 0) is 18.2 Å². The molecular weight excluding hydrogens is 355 g/mol. The number of nitro benzene ring substituents is 1. The Labute approximate surface area is 152 Å². The lowest BCUT2D eigenvalue weighted by molar-refractivity contribution is -0.385. The van der Waals surface area contributed by atoms with Gasteiger partial charge in [-0.2, -0.15) is 0 Å². The average molecular weight is 370 g/mol. The van der Waals surface area contributed by atoms with Gasteiger partial charge in [-0.1, -0.05) is 18.2 Å². The third-order valence-electron chi connectivity index (χ3n) is 4.11. The van der Waals surface area contributed by atoms with Crippen LogP contribution in [0.25, 0.3) is 10.9 Å². The predicted octanol–water partition coefficient (Wildman–Crippen LogP) is 2.10. The lowest BCUT2D eigenvalue weighted by atomic mass is 10.1. The smallest absolute Gasteiger partial charge is 0.274 e. The number of carbonyl (C=O) groups is 1. The monoisotopic (exact) mass is 370 g/mol. The number of likely N-dealkylation sites (N-methyl/N-ethyl adjacent to an activating group) is 1. The van der Waals surface area contributed by atoms with Crippen LogP contribution in [0.3, 0.4) is 0 Å². The van der Waals surface area contributed by atoms with Crippen molar-refractivity contribution in [3.05, 3.63) is 80.6 Å². The maximum absolute atomic E-state index is 13.4. The molecule has 1 heterocycles. The van der Waals surface area contributed by atoms with Gasteiger partial charge in [0.1, 0.15) is 12.4 Å². The fourth-order valence-electron chi connectivity index (χ4n) is 2.68. The van der Waals surface area contributed by atoms with Crippen LogP contribution in [-0.4, -0.2) is 32.3 Å². The predicted molar refractivity (Wildman–Crippen MR) is 95.5 cm³/mol. The maximum atomic E-state index is 13.4. The summed E-state index contributed by atoms with van der Waals surface area (Å²) < 4.78 is 14.5. The van der Waals surface area contributed by atoms with Crippen molar-refractivity contribution in [1.29, 1.82) is 0 Å². The first-order chi connectivity index (χ1) is 12.9. The van der Waals surface area contributed by atoms with E-state index in [1.807, 2.05) is 0 Å². The van der Waals surface area contributed by atoms with Gasteiger partial charge in [0.05, 0.1) is 28.7 Å². The Morgan fingerprint density at radius 2 is 2.04 bits per heavy atom. The van der Waals surface area contributed by atoms with Crippen LogP contribution in [0.4, 0.5) is 10.1 Å². The number of fused-ring (bicyclic) bond motifs is 1. The molecule has 3 aromatic rings. The Balaban J connectivity index is 1.81. The standard InChI is InChI=1S/C18H15FN4O4/c1-21(9-12-4-2-3-5-16(12)23(26)27)17(24)10-22-11-20-15-7-6-13(19)8-14(15)18(22)25/h2-8,11H,9-10H2,1H3. The Hall–Kier alpha value is -3.62. The van der Waals surface area contributed by atoms with E-state index < -0.39 is 22.2 Å². The molecule has 0 fully saturated rings. The van der Waals surface area contributed by atoms with Crippen molar-refractivity contribution in [3.63, 3.8) is 0 Å². The van der Waals surface area contributed by atoms with Gasteiger partial charge in [-0.25, -0.2) is 9.37 Å². The van der Waals surface area contributed by atoms with Crippen molar-refractivity contribution in [3.8, 4) is 0 Å². The Bertz CT molecular complexity index is 1100. The molecule has 0 aliphatic heterocycles. The zero-order chi connectivity index (χ0) is 19.6. The largest absolute Gasteiger partial charge is 0.340 e. The van der Waals surface area contributed by atoms with Crippen LogP contribution < -0.4 is 5.56 Å². The zero-order valence-corrected chi connectivity index (χ0v) is 14.3. The third kappa shape index (κ3) is 3.81. The number of benzene rings is 2. The van der Waals surface area contributed by atoms with E-state index in [1.165, 1.54) is 36.5 Å². The summed E-state index contributed by atoms with van der Waals surface area (Å²) in [5.41, 5.74) is 0.0897. The second kappa shape index (κ2) is 7.32. The van der Waals surface area contributed by atoms with Gasteiger partial charge in [0.15, 0.2) is 0 Å². The van der Waals surface area contributed by atoms with Crippen LogP contribution in [0.15, 0.2) is 53.6 Å². The molecule has 0 unspecified atom stereocenters. The zero-order valence-electron chi connectivity index (χ0n) is 14.3. The molecule has 9 heteroatoms. The van der Waals surface area contributed by atoms with Crippen molar-refractivity contribution in [2.75, 3.05) is 7.05 Å². The molecule has 0 saturated heterocycles. The molecule has 27 heavy (non-hydrogen) atoms. The average Bonchev–Trinajstić information content (AvgIpc) is 2.64. The number of hydrogen-bond acceptors (Lipinski definition) is 5. The molecule has 3 rings (SSSR count). The first-order valence-electron chi connectivity index (χ1n) is 7.98. The van der Waals surface area contributed by atoms with Crippen LogP contribution in [0.2, 0.25) is 0 Å². The van der Waals surface area contributed by atoms with E-state index in [1.54, 1.807) is 18.2 Å². The van der Waals surface area contributed by atoms with Crippen LogP contribution in [0, 0.1) is 15.9 Å². The van der Waals surface area contributed by atoms with E-state index in [0.29, 0.717) is 11.1 Å². The summed E-state index contributed by atoms with van der Waals surface area (Å²) in [5.74, 6) is -1.01. The lowest BCUT2D eigenvalue weighted by Gasteiger charge is -2.18. The fraction of sp³-hybridized carbons (Fsp3) is 0.167. The minimum absolute atomic E-state index is 0.0143. The van der Waals surface area contributed by atoms with E-state index in [4.69, 9.17) is 0 Å². The summed E-state index contributed by atoms with van der Waals surface area (Å²) in [6.07, 6.45) is 1.22. The number of aromatic nitrogens is 2. The quantitative estimate of drug-likeness (QED) is 0.506. The molecule has 0 atom stereocenters. The number of carbonyl (C=O) groups excluding carboxylic acids is 1. The highest BCUT2D eigenvalue weighted by atomic mass is 19.1. The molecule has 0 radical (unpaired) electrons.